The van der Waals surface area contributed by atoms with Crippen LogP contribution in [0.5, 0.6) is 5.75 Å². The van der Waals surface area contributed by atoms with Gasteiger partial charge in [-0.1, -0.05) is 0 Å². The number of hydrogen-bond donors (Lipinski definition) is 1. The summed E-state index contributed by atoms with van der Waals surface area (Å²) in [5.74, 6) is 0.390. The molecule has 2 aromatic rings. The van der Waals surface area contributed by atoms with Crippen LogP contribution in [0.15, 0.2) is 30.5 Å². The number of carbonyl (C=O) groups excluding carboxylic acids is 1. The molecule has 1 N–H and O–H groups in total. The Morgan fingerprint density at radius 2 is 2.14 bits per heavy atom. The minimum Gasteiger partial charge on any atom is -0.489 e. The zero-order valence-corrected chi connectivity index (χ0v) is 12.7. The number of nitriles is 1. The number of aryl methyl sites for hydroxylation is 1. The average Bonchev–Trinajstić information content (AvgIpc) is 2.87. The largest absolute Gasteiger partial charge is 0.489 e. The summed E-state index contributed by atoms with van der Waals surface area (Å²) in [7, 11) is 0. The first-order valence-electron chi connectivity index (χ1n) is 7.05. The summed E-state index contributed by atoms with van der Waals surface area (Å²) in [6.07, 6.45) is 1.66. The van der Waals surface area contributed by atoms with Crippen molar-refractivity contribution in [1.29, 1.82) is 5.26 Å². The van der Waals surface area contributed by atoms with Crippen molar-refractivity contribution in [2.24, 2.45) is 0 Å². The third-order valence-corrected chi connectivity index (χ3v) is 3.28. The molecule has 0 aliphatic heterocycles. The predicted molar refractivity (Wildman–Crippen MR) is 82.3 cm³/mol. The highest BCUT2D eigenvalue weighted by Crippen LogP contribution is 2.18. The molecule has 1 aromatic heterocycles. The average molecular weight is 298 g/mol. The van der Waals surface area contributed by atoms with Gasteiger partial charge in [-0.25, -0.2) is 0 Å². The molecule has 114 valence electrons. The van der Waals surface area contributed by atoms with Crippen LogP contribution in [0.2, 0.25) is 0 Å². The third kappa shape index (κ3) is 3.85. The van der Waals surface area contributed by atoms with Gasteiger partial charge in [0.1, 0.15) is 18.8 Å². The normalized spacial score (nSPS) is 10.0. The van der Waals surface area contributed by atoms with Crippen molar-refractivity contribution in [3.8, 4) is 11.8 Å². The first kappa shape index (κ1) is 15.6. The van der Waals surface area contributed by atoms with E-state index in [0.29, 0.717) is 18.0 Å². The molecule has 0 atom stereocenters. The van der Waals surface area contributed by atoms with E-state index in [-0.39, 0.29) is 12.3 Å². The van der Waals surface area contributed by atoms with Crippen LogP contribution in [-0.2, 0) is 17.9 Å². The maximum Gasteiger partial charge on any atom is 0.238 e. The fraction of sp³-hybridized carbons (Fsp3) is 0.312. The predicted octanol–water partition coefficient (Wildman–Crippen LogP) is 2.64. The van der Waals surface area contributed by atoms with Gasteiger partial charge in [-0.3, -0.25) is 9.48 Å². The molecule has 0 saturated carbocycles. The van der Waals surface area contributed by atoms with E-state index in [1.54, 1.807) is 30.3 Å². The first-order valence-corrected chi connectivity index (χ1v) is 7.05. The molecule has 1 amide bonds. The van der Waals surface area contributed by atoms with Gasteiger partial charge in [-0.2, -0.15) is 10.4 Å². The number of rotatable bonds is 6. The second-order valence-electron chi connectivity index (χ2n) is 4.77. The van der Waals surface area contributed by atoms with Crippen LogP contribution in [0.25, 0.3) is 0 Å². The van der Waals surface area contributed by atoms with Crippen molar-refractivity contribution in [2.45, 2.75) is 33.4 Å². The van der Waals surface area contributed by atoms with Crippen LogP contribution in [-0.4, -0.2) is 15.7 Å². The monoisotopic (exact) mass is 298 g/mol. The van der Waals surface area contributed by atoms with Gasteiger partial charge in [0.05, 0.1) is 12.3 Å². The lowest BCUT2D eigenvalue weighted by Crippen LogP contribution is -2.09. The lowest BCUT2D eigenvalue weighted by atomic mass is 10.2. The van der Waals surface area contributed by atoms with Gasteiger partial charge in [0.15, 0.2) is 0 Å². The highest BCUT2D eigenvalue weighted by Gasteiger charge is 2.06. The number of anilines is 1. The molecule has 0 bridgehead atoms. The molecule has 22 heavy (non-hydrogen) atoms. The summed E-state index contributed by atoms with van der Waals surface area (Å²) in [4.78, 5) is 11.3. The SMILES string of the molecule is CCn1ncc(COc2ccc(NC(=O)CC#N)cc2)c1C. The van der Waals surface area contributed by atoms with Gasteiger partial charge in [-0.15, -0.1) is 0 Å². The molecular weight excluding hydrogens is 280 g/mol. The number of benzene rings is 1. The first-order chi connectivity index (χ1) is 10.6. The Labute approximate surface area is 129 Å². The highest BCUT2D eigenvalue weighted by molar-refractivity contribution is 5.92. The summed E-state index contributed by atoms with van der Waals surface area (Å²) in [6, 6.07) is 8.85. The standard InChI is InChI=1S/C16H18N4O2/c1-3-20-12(2)13(10-18-20)11-22-15-6-4-14(5-7-15)19-16(21)8-9-17/h4-7,10H,3,8,11H2,1-2H3,(H,19,21). The zero-order chi connectivity index (χ0) is 15.9. The van der Waals surface area contributed by atoms with Crippen molar-refractivity contribution < 1.29 is 9.53 Å². The molecule has 1 heterocycles. The van der Waals surface area contributed by atoms with E-state index in [1.165, 1.54) is 0 Å². The van der Waals surface area contributed by atoms with Crippen LogP contribution < -0.4 is 10.1 Å². The molecule has 6 nitrogen and oxygen atoms in total. The third-order valence-electron chi connectivity index (χ3n) is 3.28. The Morgan fingerprint density at radius 3 is 2.73 bits per heavy atom. The molecule has 0 aliphatic rings. The summed E-state index contributed by atoms with van der Waals surface area (Å²) in [5, 5.41) is 15.3. The maximum absolute atomic E-state index is 11.3. The number of nitrogens with zero attached hydrogens (tertiary/aromatic N) is 3. The smallest absolute Gasteiger partial charge is 0.238 e. The van der Waals surface area contributed by atoms with Gasteiger partial charge in [-0.05, 0) is 38.1 Å². The van der Waals surface area contributed by atoms with Crippen LogP contribution in [0.3, 0.4) is 0 Å². The zero-order valence-electron chi connectivity index (χ0n) is 12.7. The molecule has 0 unspecified atom stereocenters. The summed E-state index contributed by atoms with van der Waals surface area (Å²) < 4.78 is 7.64. The van der Waals surface area contributed by atoms with Crippen LogP contribution in [0, 0.1) is 18.3 Å². The van der Waals surface area contributed by atoms with Gasteiger partial charge in [0, 0.05) is 23.5 Å². The van der Waals surface area contributed by atoms with Crippen LogP contribution in [0.1, 0.15) is 24.6 Å². The summed E-state index contributed by atoms with van der Waals surface area (Å²) >= 11 is 0. The Kier molecular flexibility index (Phi) is 5.15. The van der Waals surface area contributed by atoms with Crippen molar-refractivity contribution in [1.82, 2.24) is 9.78 Å². The Balaban J connectivity index is 1.92. The van der Waals surface area contributed by atoms with Crippen LogP contribution >= 0.6 is 0 Å². The van der Waals surface area contributed by atoms with E-state index in [0.717, 1.165) is 17.8 Å². The summed E-state index contributed by atoms with van der Waals surface area (Å²) in [6.45, 7) is 5.35. The fourth-order valence-electron chi connectivity index (χ4n) is 2.02. The minimum atomic E-state index is -0.321. The van der Waals surface area contributed by atoms with Gasteiger partial charge in [0.2, 0.25) is 5.91 Å². The molecule has 1 aromatic carbocycles. The molecule has 2 rings (SSSR count). The van der Waals surface area contributed by atoms with Gasteiger partial charge >= 0.3 is 0 Å². The number of hydrogen-bond acceptors (Lipinski definition) is 4. The van der Waals surface area contributed by atoms with E-state index < -0.39 is 0 Å². The number of amides is 1. The van der Waals surface area contributed by atoms with E-state index >= 15 is 0 Å². The van der Waals surface area contributed by atoms with Crippen LogP contribution in [0.4, 0.5) is 5.69 Å². The molecule has 0 radical (unpaired) electrons. The lowest BCUT2D eigenvalue weighted by molar-refractivity contribution is -0.115. The van der Waals surface area contributed by atoms with Crippen molar-refractivity contribution in [2.75, 3.05) is 5.32 Å². The second kappa shape index (κ2) is 7.27. The number of nitrogens with one attached hydrogen (secondary N) is 1. The fourth-order valence-corrected chi connectivity index (χ4v) is 2.02. The Hall–Kier alpha value is -2.81. The number of aromatic nitrogens is 2. The number of carbonyl (C=O) groups is 1. The maximum atomic E-state index is 11.3. The molecular formula is C16H18N4O2. The summed E-state index contributed by atoms with van der Waals surface area (Å²) in [5.41, 5.74) is 2.79. The van der Waals surface area contributed by atoms with E-state index in [2.05, 4.69) is 10.4 Å². The molecule has 0 aliphatic carbocycles. The van der Waals surface area contributed by atoms with Gasteiger partial charge in [0.25, 0.3) is 0 Å². The topological polar surface area (TPSA) is 79.9 Å². The Morgan fingerprint density at radius 1 is 1.41 bits per heavy atom. The van der Waals surface area contributed by atoms with Crippen molar-refractivity contribution >= 4 is 11.6 Å². The Bertz CT molecular complexity index is 683. The molecule has 0 spiro atoms. The second-order valence-corrected chi connectivity index (χ2v) is 4.77. The minimum absolute atomic E-state index is 0.154. The lowest BCUT2D eigenvalue weighted by Gasteiger charge is -2.08. The molecule has 0 saturated heterocycles. The number of ether oxygens (including phenoxy) is 1. The highest BCUT2D eigenvalue weighted by atomic mass is 16.5. The molecule has 6 heteroatoms. The van der Waals surface area contributed by atoms with Gasteiger partial charge < -0.3 is 10.1 Å². The van der Waals surface area contributed by atoms with E-state index in [1.807, 2.05) is 24.7 Å². The van der Waals surface area contributed by atoms with Crippen molar-refractivity contribution in [3.63, 3.8) is 0 Å². The molecule has 0 fully saturated rings. The quantitative estimate of drug-likeness (QED) is 0.889. The van der Waals surface area contributed by atoms with E-state index in [9.17, 15) is 4.79 Å². The van der Waals surface area contributed by atoms with E-state index in [4.69, 9.17) is 10.00 Å². The van der Waals surface area contributed by atoms with Crippen molar-refractivity contribution in [3.05, 3.63) is 41.7 Å².